The van der Waals surface area contributed by atoms with Crippen molar-refractivity contribution in [1.29, 1.82) is 0 Å². The van der Waals surface area contributed by atoms with Crippen LogP contribution in [0.15, 0.2) is 53.4 Å². The van der Waals surface area contributed by atoms with Crippen molar-refractivity contribution in [3.05, 3.63) is 59.9 Å². The normalized spacial score (nSPS) is 18.8. The highest BCUT2D eigenvalue weighted by molar-refractivity contribution is 7.89. The molecule has 0 bridgehead atoms. The maximum absolute atomic E-state index is 13.1. The molecule has 1 atom stereocenters. The van der Waals surface area contributed by atoms with Crippen LogP contribution in [0.5, 0.6) is 0 Å². The number of hydrogen-bond donors (Lipinski definition) is 1. The second kappa shape index (κ2) is 8.35. The number of carbonyl (C=O) groups is 1. The molecule has 2 fully saturated rings. The van der Waals surface area contributed by atoms with E-state index in [9.17, 15) is 17.6 Å². The summed E-state index contributed by atoms with van der Waals surface area (Å²) in [4.78, 5) is 14.7. The van der Waals surface area contributed by atoms with Gasteiger partial charge in [0.25, 0.3) is 5.91 Å². The molecule has 8 heteroatoms. The second-order valence-corrected chi connectivity index (χ2v) is 9.93. The molecular formula is C22H26FN3O3S. The van der Waals surface area contributed by atoms with Crippen LogP contribution < -0.4 is 10.2 Å². The first-order valence-electron chi connectivity index (χ1n) is 10.3. The molecule has 0 aromatic heterocycles. The first-order chi connectivity index (χ1) is 14.3. The lowest BCUT2D eigenvalue weighted by molar-refractivity contribution is 0.0935. The van der Waals surface area contributed by atoms with E-state index in [0.29, 0.717) is 37.7 Å². The van der Waals surface area contributed by atoms with E-state index in [1.807, 2.05) is 11.8 Å². The van der Waals surface area contributed by atoms with Crippen LogP contribution in [0.2, 0.25) is 0 Å². The number of carbonyl (C=O) groups excluding carboxylic acids is 1. The van der Waals surface area contributed by atoms with Gasteiger partial charge in [-0.05, 0) is 68.1 Å². The number of sulfonamides is 1. The van der Waals surface area contributed by atoms with Gasteiger partial charge in [0.1, 0.15) is 5.82 Å². The van der Waals surface area contributed by atoms with Gasteiger partial charge >= 0.3 is 0 Å². The van der Waals surface area contributed by atoms with Crippen LogP contribution in [0.4, 0.5) is 10.1 Å². The summed E-state index contributed by atoms with van der Waals surface area (Å²) in [6.45, 7) is 3.67. The molecule has 1 heterocycles. The summed E-state index contributed by atoms with van der Waals surface area (Å²) in [5, 5.41) is 2.96. The average Bonchev–Trinajstić information content (AvgIpc) is 3.60. The molecule has 1 amide bonds. The van der Waals surface area contributed by atoms with Crippen LogP contribution in [-0.4, -0.2) is 50.9 Å². The second-order valence-electron chi connectivity index (χ2n) is 7.99. The Hall–Kier alpha value is -2.45. The lowest BCUT2D eigenvalue weighted by Crippen LogP contribution is -2.48. The van der Waals surface area contributed by atoms with E-state index in [-0.39, 0.29) is 22.7 Å². The molecule has 2 aliphatic rings. The van der Waals surface area contributed by atoms with Crippen molar-refractivity contribution in [2.24, 2.45) is 5.92 Å². The van der Waals surface area contributed by atoms with E-state index in [2.05, 4.69) is 5.32 Å². The third kappa shape index (κ3) is 4.49. The monoisotopic (exact) mass is 431 g/mol. The molecule has 1 N–H and O–H groups in total. The van der Waals surface area contributed by atoms with Crippen LogP contribution in [-0.2, 0) is 10.0 Å². The molecule has 0 spiro atoms. The van der Waals surface area contributed by atoms with E-state index >= 15 is 0 Å². The Balaban J connectivity index is 1.43. The average molecular weight is 432 g/mol. The van der Waals surface area contributed by atoms with E-state index in [4.69, 9.17) is 0 Å². The van der Waals surface area contributed by atoms with Gasteiger partial charge in [-0.25, -0.2) is 12.8 Å². The van der Waals surface area contributed by atoms with Crippen molar-refractivity contribution in [3.63, 3.8) is 0 Å². The quantitative estimate of drug-likeness (QED) is 0.764. The highest BCUT2D eigenvalue weighted by Crippen LogP contribution is 2.32. The predicted molar refractivity (Wildman–Crippen MR) is 113 cm³/mol. The SMILES string of the molecule is CC(NC(=O)c1cccc(S(=O)(=O)N2CCN(c3ccc(F)cc3)CC2)c1)C1CC1. The summed E-state index contributed by atoms with van der Waals surface area (Å²) in [7, 11) is -3.70. The number of nitrogens with zero attached hydrogens (tertiary/aromatic N) is 2. The maximum atomic E-state index is 13.1. The minimum Gasteiger partial charge on any atom is -0.369 e. The Morgan fingerprint density at radius 1 is 1.07 bits per heavy atom. The summed E-state index contributed by atoms with van der Waals surface area (Å²) in [5.41, 5.74) is 1.23. The molecule has 2 aromatic rings. The van der Waals surface area contributed by atoms with Crippen LogP contribution in [0.1, 0.15) is 30.1 Å². The Morgan fingerprint density at radius 3 is 2.37 bits per heavy atom. The van der Waals surface area contributed by atoms with Crippen LogP contribution >= 0.6 is 0 Å². The van der Waals surface area contributed by atoms with E-state index in [0.717, 1.165) is 18.5 Å². The third-order valence-corrected chi connectivity index (χ3v) is 7.75. The fourth-order valence-corrected chi connectivity index (χ4v) is 5.26. The Bertz CT molecular complexity index is 1010. The van der Waals surface area contributed by atoms with E-state index in [1.54, 1.807) is 24.3 Å². The summed E-state index contributed by atoms with van der Waals surface area (Å²) in [5.74, 6) is -0.0127. The molecule has 0 radical (unpaired) electrons. The van der Waals surface area contributed by atoms with E-state index in [1.165, 1.54) is 28.6 Å². The standard InChI is InChI=1S/C22H26FN3O3S/c1-16(17-5-6-17)24-22(27)18-3-2-4-21(15-18)30(28,29)26-13-11-25(12-14-26)20-9-7-19(23)8-10-20/h2-4,7-10,15-17H,5-6,11-14H2,1H3,(H,24,27). The minimum absolute atomic E-state index is 0.0947. The number of piperazine rings is 1. The summed E-state index contributed by atoms with van der Waals surface area (Å²) in [6, 6.07) is 12.5. The molecule has 30 heavy (non-hydrogen) atoms. The molecule has 4 rings (SSSR count). The number of rotatable bonds is 6. The zero-order chi connectivity index (χ0) is 21.3. The number of anilines is 1. The molecule has 1 saturated carbocycles. The molecule has 2 aromatic carbocycles. The summed E-state index contributed by atoms with van der Waals surface area (Å²) < 4.78 is 40.8. The van der Waals surface area contributed by atoms with Gasteiger partial charge in [0, 0.05) is 43.5 Å². The molecule has 1 aliphatic heterocycles. The highest BCUT2D eigenvalue weighted by Gasteiger charge is 2.31. The van der Waals surface area contributed by atoms with Gasteiger partial charge in [-0.3, -0.25) is 4.79 Å². The number of benzene rings is 2. The highest BCUT2D eigenvalue weighted by atomic mass is 32.2. The molecule has 1 saturated heterocycles. The van der Waals surface area contributed by atoms with Crippen LogP contribution in [0.3, 0.4) is 0 Å². The first-order valence-corrected chi connectivity index (χ1v) is 11.7. The Labute approximate surface area is 176 Å². The van der Waals surface area contributed by atoms with Crippen molar-refractivity contribution >= 4 is 21.6 Å². The number of nitrogens with one attached hydrogen (secondary N) is 1. The first kappa shape index (κ1) is 20.8. The predicted octanol–water partition coefficient (Wildman–Crippen LogP) is 2.86. The summed E-state index contributed by atoms with van der Waals surface area (Å²) >= 11 is 0. The van der Waals surface area contributed by atoms with Gasteiger partial charge in [0.15, 0.2) is 0 Å². The van der Waals surface area contributed by atoms with E-state index < -0.39 is 10.0 Å². The Morgan fingerprint density at radius 2 is 1.73 bits per heavy atom. The fraction of sp³-hybridized carbons (Fsp3) is 0.409. The smallest absolute Gasteiger partial charge is 0.251 e. The molecule has 160 valence electrons. The fourth-order valence-electron chi connectivity index (χ4n) is 3.79. The third-order valence-electron chi connectivity index (χ3n) is 5.85. The summed E-state index contributed by atoms with van der Waals surface area (Å²) in [6.07, 6.45) is 2.25. The van der Waals surface area contributed by atoms with Crippen LogP contribution in [0.25, 0.3) is 0 Å². The lowest BCUT2D eigenvalue weighted by Gasteiger charge is -2.35. The zero-order valence-electron chi connectivity index (χ0n) is 16.9. The number of hydrogen-bond acceptors (Lipinski definition) is 4. The molecule has 1 aliphatic carbocycles. The Kier molecular flexibility index (Phi) is 5.79. The van der Waals surface area contributed by atoms with Gasteiger partial charge in [-0.2, -0.15) is 4.31 Å². The lowest BCUT2D eigenvalue weighted by atomic mass is 10.1. The van der Waals surface area contributed by atoms with Crippen molar-refractivity contribution in [2.45, 2.75) is 30.7 Å². The number of halogens is 1. The largest absolute Gasteiger partial charge is 0.369 e. The molecule has 1 unspecified atom stereocenters. The van der Waals surface area contributed by atoms with Gasteiger partial charge in [0.2, 0.25) is 10.0 Å². The van der Waals surface area contributed by atoms with Gasteiger partial charge in [0.05, 0.1) is 4.90 Å². The molecule has 6 nitrogen and oxygen atoms in total. The van der Waals surface area contributed by atoms with Crippen molar-refractivity contribution in [3.8, 4) is 0 Å². The van der Waals surface area contributed by atoms with Gasteiger partial charge < -0.3 is 10.2 Å². The van der Waals surface area contributed by atoms with Gasteiger partial charge in [-0.1, -0.05) is 6.07 Å². The van der Waals surface area contributed by atoms with Crippen molar-refractivity contribution in [2.75, 3.05) is 31.1 Å². The zero-order valence-corrected chi connectivity index (χ0v) is 17.7. The number of amides is 1. The van der Waals surface area contributed by atoms with Crippen LogP contribution in [0, 0.1) is 11.7 Å². The topological polar surface area (TPSA) is 69.7 Å². The van der Waals surface area contributed by atoms with Gasteiger partial charge in [-0.15, -0.1) is 0 Å². The van der Waals surface area contributed by atoms with Crippen molar-refractivity contribution in [1.82, 2.24) is 9.62 Å². The maximum Gasteiger partial charge on any atom is 0.251 e. The minimum atomic E-state index is -3.70. The van der Waals surface area contributed by atoms with Crippen molar-refractivity contribution < 1.29 is 17.6 Å². The molecular weight excluding hydrogens is 405 g/mol.